The van der Waals surface area contributed by atoms with Crippen molar-refractivity contribution in [2.45, 2.75) is 18.4 Å². The van der Waals surface area contributed by atoms with E-state index in [1.165, 1.54) is 4.90 Å². The average molecular weight is 314 g/mol. The normalized spacial score (nSPS) is 17.3. The molecule has 1 aliphatic rings. The van der Waals surface area contributed by atoms with Gasteiger partial charge in [-0.2, -0.15) is 0 Å². The predicted molar refractivity (Wildman–Crippen MR) is 81.2 cm³/mol. The van der Waals surface area contributed by atoms with E-state index < -0.39 is 5.60 Å². The molecule has 1 heterocycles. The molecule has 0 aliphatic carbocycles. The summed E-state index contributed by atoms with van der Waals surface area (Å²) < 4.78 is 5.24. The molecule has 1 fully saturated rings. The lowest BCUT2D eigenvalue weighted by Crippen LogP contribution is -2.47. The fourth-order valence-electron chi connectivity index (χ4n) is 2.45. The molecule has 1 saturated heterocycles. The van der Waals surface area contributed by atoms with Gasteiger partial charge >= 0.3 is 0 Å². The van der Waals surface area contributed by atoms with E-state index in [9.17, 15) is 9.90 Å². The van der Waals surface area contributed by atoms with E-state index in [0.717, 1.165) is 0 Å². The largest absolute Gasteiger partial charge is 0.388 e. The van der Waals surface area contributed by atoms with Crippen molar-refractivity contribution in [1.29, 1.82) is 0 Å². The van der Waals surface area contributed by atoms with Gasteiger partial charge in [0.15, 0.2) is 0 Å². The first kappa shape index (κ1) is 16.0. The van der Waals surface area contributed by atoms with Gasteiger partial charge in [0.05, 0.1) is 16.9 Å². The zero-order valence-electron chi connectivity index (χ0n) is 11.9. The number of rotatable bonds is 4. The second-order valence-electron chi connectivity index (χ2n) is 5.33. The van der Waals surface area contributed by atoms with Crippen LogP contribution in [-0.2, 0) is 4.74 Å². The topological polar surface area (TPSA) is 87.8 Å². The fourth-order valence-corrected chi connectivity index (χ4v) is 2.62. The maximum absolute atomic E-state index is 12.5. The minimum Gasteiger partial charge on any atom is -0.388 e. The molecule has 116 valence electrons. The van der Waals surface area contributed by atoms with Crippen LogP contribution in [0.3, 0.4) is 0 Å². The molecule has 1 amide bonds. The molecule has 1 aromatic carbocycles. The summed E-state index contributed by atoms with van der Waals surface area (Å²) in [4.78, 5) is 14.0. The molecule has 0 saturated carbocycles. The van der Waals surface area contributed by atoms with E-state index in [4.69, 9.17) is 22.2 Å². The van der Waals surface area contributed by atoms with Crippen molar-refractivity contribution in [3.63, 3.8) is 0 Å². The first-order valence-corrected chi connectivity index (χ1v) is 7.15. The van der Waals surface area contributed by atoms with Gasteiger partial charge in [-0.25, -0.2) is 0 Å². The Balaban J connectivity index is 2.13. The molecule has 0 bridgehead atoms. The van der Waals surface area contributed by atoms with Crippen LogP contribution in [-0.4, -0.2) is 48.3 Å². The fraction of sp³-hybridized carbons (Fsp3) is 0.500. The smallest absolute Gasteiger partial charge is 0.255 e. The van der Waals surface area contributed by atoms with Gasteiger partial charge in [0.1, 0.15) is 0 Å². The van der Waals surface area contributed by atoms with Crippen LogP contribution in [0.1, 0.15) is 23.2 Å². The van der Waals surface area contributed by atoms with Gasteiger partial charge in [0.25, 0.3) is 5.91 Å². The van der Waals surface area contributed by atoms with Crippen LogP contribution < -0.4 is 11.3 Å². The van der Waals surface area contributed by atoms with E-state index in [0.29, 0.717) is 42.3 Å². The Kier molecular flexibility index (Phi) is 5.05. The third-order valence-electron chi connectivity index (χ3n) is 3.67. The van der Waals surface area contributed by atoms with Gasteiger partial charge in [-0.05, 0) is 18.2 Å². The maximum atomic E-state index is 12.5. The van der Waals surface area contributed by atoms with Crippen molar-refractivity contribution in [3.8, 4) is 0 Å². The third-order valence-corrected chi connectivity index (χ3v) is 3.90. The summed E-state index contributed by atoms with van der Waals surface area (Å²) in [6, 6.07) is 4.86. The molecule has 0 unspecified atom stereocenters. The number of hydrazine groups is 1. The standard InChI is InChI=1S/C14H20ClN3O3/c1-18(9-14(20)4-6-21-7-5-14)13(19)11-8-10(15)2-3-12(11)17-16/h2-3,8,17,20H,4-7,9,16H2,1H3. The number of nitrogens with one attached hydrogen (secondary N) is 1. The second kappa shape index (κ2) is 6.62. The highest BCUT2D eigenvalue weighted by atomic mass is 35.5. The number of carbonyl (C=O) groups excluding carboxylic acids is 1. The van der Waals surface area contributed by atoms with E-state index >= 15 is 0 Å². The number of amides is 1. The van der Waals surface area contributed by atoms with Crippen LogP contribution >= 0.6 is 11.6 Å². The number of hydrogen-bond acceptors (Lipinski definition) is 5. The first-order valence-electron chi connectivity index (χ1n) is 6.77. The summed E-state index contributed by atoms with van der Waals surface area (Å²) in [6.45, 7) is 1.25. The third kappa shape index (κ3) is 3.85. The van der Waals surface area contributed by atoms with E-state index in [-0.39, 0.29) is 12.5 Å². The number of ether oxygens (including phenoxy) is 1. The number of nitrogen functional groups attached to an aromatic ring is 1. The summed E-state index contributed by atoms with van der Waals surface area (Å²) in [6.07, 6.45) is 1.03. The van der Waals surface area contributed by atoms with Gasteiger partial charge in [0, 0.05) is 44.7 Å². The monoisotopic (exact) mass is 313 g/mol. The summed E-state index contributed by atoms with van der Waals surface area (Å²) in [7, 11) is 1.65. The van der Waals surface area contributed by atoms with Crippen LogP contribution in [0.5, 0.6) is 0 Å². The highest BCUT2D eigenvalue weighted by Crippen LogP contribution is 2.24. The number of halogens is 1. The van der Waals surface area contributed by atoms with Crippen LogP contribution in [0, 0.1) is 0 Å². The van der Waals surface area contributed by atoms with Crippen molar-refractivity contribution in [2.24, 2.45) is 5.84 Å². The van der Waals surface area contributed by atoms with Gasteiger partial charge in [-0.3, -0.25) is 10.6 Å². The number of nitrogens with two attached hydrogens (primary N) is 1. The van der Waals surface area contributed by atoms with Crippen LogP contribution in [0.15, 0.2) is 18.2 Å². The lowest BCUT2D eigenvalue weighted by atomic mass is 9.93. The minimum atomic E-state index is -0.905. The van der Waals surface area contributed by atoms with Crippen molar-refractivity contribution < 1.29 is 14.6 Å². The molecule has 0 spiro atoms. The second-order valence-corrected chi connectivity index (χ2v) is 5.77. The van der Waals surface area contributed by atoms with Crippen molar-refractivity contribution in [2.75, 3.05) is 32.2 Å². The summed E-state index contributed by atoms with van der Waals surface area (Å²) in [5.74, 6) is 5.17. The molecular weight excluding hydrogens is 294 g/mol. The van der Waals surface area contributed by atoms with Crippen LogP contribution in [0.4, 0.5) is 5.69 Å². The molecular formula is C14H20ClN3O3. The van der Waals surface area contributed by atoms with E-state index in [1.54, 1.807) is 25.2 Å². The lowest BCUT2D eigenvalue weighted by molar-refractivity contribution is -0.0734. The zero-order valence-corrected chi connectivity index (χ0v) is 12.7. The van der Waals surface area contributed by atoms with Gasteiger partial charge in [-0.1, -0.05) is 11.6 Å². The molecule has 7 heteroatoms. The molecule has 2 rings (SSSR count). The summed E-state index contributed by atoms with van der Waals surface area (Å²) in [5, 5.41) is 10.9. The Morgan fingerprint density at radius 1 is 1.52 bits per heavy atom. The van der Waals surface area contributed by atoms with Gasteiger partial charge in [-0.15, -0.1) is 0 Å². The Hall–Kier alpha value is -1.34. The Bertz CT molecular complexity index is 518. The highest BCUT2D eigenvalue weighted by molar-refractivity contribution is 6.31. The molecule has 0 radical (unpaired) electrons. The predicted octanol–water partition coefficient (Wildman–Crippen LogP) is 1.24. The van der Waals surface area contributed by atoms with E-state index in [1.807, 2.05) is 0 Å². The van der Waals surface area contributed by atoms with Crippen molar-refractivity contribution in [3.05, 3.63) is 28.8 Å². The molecule has 21 heavy (non-hydrogen) atoms. The number of carbonyl (C=O) groups is 1. The SMILES string of the molecule is CN(CC1(O)CCOCC1)C(=O)c1cc(Cl)ccc1NN. The van der Waals surface area contributed by atoms with Crippen LogP contribution in [0.25, 0.3) is 0 Å². The maximum Gasteiger partial charge on any atom is 0.255 e. The zero-order chi connectivity index (χ0) is 15.5. The van der Waals surface area contributed by atoms with Gasteiger partial charge < -0.3 is 20.2 Å². The van der Waals surface area contributed by atoms with Crippen molar-refractivity contribution in [1.82, 2.24) is 4.90 Å². The quantitative estimate of drug-likeness (QED) is 0.575. The molecule has 0 atom stereocenters. The number of hydrogen-bond donors (Lipinski definition) is 3. The number of aliphatic hydroxyl groups is 1. The van der Waals surface area contributed by atoms with Crippen molar-refractivity contribution >= 4 is 23.2 Å². The molecule has 4 N–H and O–H groups in total. The summed E-state index contributed by atoms with van der Waals surface area (Å²) >= 11 is 5.94. The van der Waals surface area contributed by atoms with Crippen LogP contribution in [0.2, 0.25) is 5.02 Å². The summed E-state index contributed by atoms with van der Waals surface area (Å²) in [5.41, 5.74) is 2.45. The van der Waals surface area contributed by atoms with E-state index in [2.05, 4.69) is 5.43 Å². The number of benzene rings is 1. The minimum absolute atomic E-state index is 0.242. The number of likely N-dealkylation sites (N-methyl/N-ethyl adjacent to an activating group) is 1. The Morgan fingerprint density at radius 2 is 2.19 bits per heavy atom. The molecule has 6 nitrogen and oxygen atoms in total. The Labute approximate surface area is 128 Å². The average Bonchev–Trinajstić information content (AvgIpc) is 2.46. The first-order chi connectivity index (χ1) is 9.95. The Morgan fingerprint density at radius 3 is 2.81 bits per heavy atom. The highest BCUT2D eigenvalue weighted by Gasteiger charge is 2.33. The lowest BCUT2D eigenvalue weighted by Gasteiger charge is -2.35. The molecule has 1 aliphatic heterocycles. The number of nitrogens with zero attached hydrogens (tertiary/aromatic N) is 1. The molecule has 1 aromatic rings. The van der Waals surface area contributed by atoms with Gasteiger partial charge in [0.2, 0.25) is 0 Å². The number of anilines is 1. The molecule has 0 aromatic heterocycles.